The third kappa shape index (κ3) is 5.14. The highest BCUT2D eigenvalue weighted by Crippen LogP contribution is 2.15. The minimum absolute atomic E-state index is 0.00389. The van der Waals surface area contributed by atoms with E-state index in [1.807, 2.05) is 6.07 Å². The molecule has 0 aromatic heterocycles. The predicted molar refractivity (Wildman–Crippen MR) is 91.8 cm³/mol. The SMILES string of the molecule is N#CC(C#N)=Cc1ccc(OC(=O)/C=C/c2cccc(Cl)c2)cc1. The molecule has 0 saturated carbocycles. The molecule has 4 nitrogen and oxygen atoms in total. The van der Waals surface area contributed by atoms with Gasteiger partial charge in [-0.3, -0.25) is 0 Å². The number of esters is 1. The van der Waals surface area contributed by atoms with E-state index in [1.165, 1.54) is 12.2 Å². The molecule has 5 heteroatoms. The average molecular weight is 335 g/mol. The van der Waals surface area contributed by atoms with Gasteiger partial charge in [-0.1, -0.05) is 35.9 Å². The smallest absolute Gasteiger partial charge is 0.336 e. The topological polar surface area (TPSA) is 73.9 Å². The number of halogens is 1. The van der Waals surface area contributed by atoms with Crippen LogP contribution in [0.25, 0.3) is 12.2 Å². The fraction of sp³-hybridized carbons (Fsp3) is 0. The molecule has 0 aliphatic rings. The lowest BCUT2D eigenvalue weighted by Gasteiger charge is -2.01. The zero-order valence-electron chi connectivity index (χ0n) is 12.4. The number of hydrogen-bond donors (Lipinski definition) is 0. The number of nitrogens with zero attached hydrogens (tertiary/aromatic N) is 2. The van der Waals surface area contributed by atoms with Crippen LogP contribution in [0.3, 0.4) is 0 Å². The Kier molecular flexibility index (Phi) is 5.91. The molecule has 2 aromatic rings. The Morgan fingerprint density at radius 1 is 1.04 bits per heavy atom. The molecular formula is C19H11ClN2O2. The van der Waals surface area contributed by atoms with Crippen LogP contribution in [0.15, 0.2) is 60.2 Å². The maximum absolute atomic E-state index is 11.8. The Bertz CT molecular complexity index is 869. The number of ether oxygens (including phenoxy) is 1. The highest BCUT2D eigenvalue weighted by Gasteiger charge is 2.01. The minimum atomic E-state index is -0.520. The summed E-state index contributed by atoms with van der Waals surface area (Å²) in [4.78, 5) is 11.8. The summed E-state index contributed by atoms with van der Waals surface area (Å²) in [5.41, 5.74) is 1.46. The zero-order valence-corrected chi connectivity index (χ0v) is 13.2. The van der Waals surface area contributed by atoms with Crippen LogP contribution in [0.2, 0.25) is 5.02 Å². The van der Waals surface area contributed by atoms with Gasteiger partial charge in [0.25, 0.3) is 0 Å². The summed E-state index contributed by atoms with van der Waals surface area (Å²) in [6, 6.07) is 17.1. The van der Waals surface area contributed by atoms with E-state index in [2.05, 4.69) is 0 Å². The molecule has 0 aliphatic carbocycles. The molecule has 2 aromatic carbocycles. The van der Waals surface area contributed by atoms with Crippen LogP contribution in [0.1, 0.15) is 11.1 Å². The lowest BCUT2D eigenvalue weighted by atomic mass is 10.1. The summed E-state index contributed by atoms with van der Waals surface area (Å²) in [6.45, 7) is 0. The second-order valence-corrected chi connectivity index (χ2v) is 5.10. The Hall–Kier alpha value is -3.34. The molecule has 0 radical (unpaired) electrons. The van der Waals surface area contributed by atoms with E-state index in [0.29, 0.717) is 16.3 Å². The molecule has 24 heavy (non-hydrogen) atoms. The van der Waals surface area contributed by atoms with Crippen LogP contribution in [-0.4, -0.2) is 5.97 Å². The highest BCUT2D eigenvalue weighted by atomic mass is 35.5. The van der Waals surface area contributed by atoms with Gasteiger partial charge >= 0.3 is 5.97 Å². The Morgan fingerprint density at radius 3 is 2.38 bits per heavy atom. The van der Waals surface area contributed by atoms with Crippen molar-refractivity contribution in [3.05, 3.63) is 76.3 Å². The van der Waals surface area contributed by atoms with Crippen molar-refractivity contribution in [3.8, 4) is 17.9 Å². The zero-order chi connectivity index (χ0) is 17.4. The van der Waals surface area contributed by atoms with Crippen LogP contribution in [-0.2, 0) is 4.79 Å². The van der Waals surface area contributed by atoms with Gasteiger partial charge in [-0.05, 0) is 47.5 Å². The first kappa shape index (κ1) is 17.0. The lowest BCUT2D eigenvalue weighted by molar-refractivity contribution is -0.128. The van der Waals surface area contributed by atoms with E-state index in [9.17, 15) is 4.79 Å². The molecule has 0 N–H and O–H groups in total. The predicted octanol–water partition coefficient (Wildman–Crippen LogP) is 4.39. The minimum Gasteiger partial charge on any atom is -0.423 e. The van der Waals surface area contributed by atoms with Gasteiger partial charge in [0.15, 0.2) is 0 Å². The average Bonchev–Trinajstić information content (AvgIpc) is 2.59. The molecule has 0 amide bonds. The second-order valence-electron chi connectivity index (χ2n) is 4.66. The highest BCUT2D eigenvalue weighted by molar-refractivity contribution is 6.30. The maximum Gasteiger partial charge on any atom is 0.336 e. The second kappa shape index (κ2) is 8.33. The number of nitriles is 2. The van der Waals surface area contributed by atoms with Crippen molar-refractivity contribution in [1.82, 2.24) is 0 Å². The van der Waals surface area contributed by atoms with E-state index >= 15 is 0 Å². The van der Waals surface area contributed by atoms with Crippen molar-refractivity contribution in [2.75, 3.05) is 0 Å². The third-order valence-corrected chi connectivity index (χ3v) is 3.15. The molecule has 0 fully saturated rings. The molecular weight excluding hydrogens is 324 g/mol. The molecule has 0 saturated heterocycles. The molecule has 0 aliphatic heterocycles. The number of benzene rings is 2. The lowest BCUT2D eigenvalue weighted by Crippen LogP contribution is -2.03. The van der Waals surface area contributed by atoms with Gasteiger partial charge < -0.3 is 4.74 Å². The van der Waals surface area contributed by atoms with Crippen molar-refractivity contribution in [2.24, 2.45) is 0 Å². The number of hydrogen-bond acceptors (Lipinski definition) is 4. The van der Waals surface area contributed by atoms with Crippen LogP contribution < -0.4 is 4.74 Å². The normalized spacial score (nSPS) is 9.79. The van der Waals surface area contributed by atoms with Crippen LogP contribution >= 0.6 is 11.6 Å². The van der Waals surface area contributed by atoms with Crippen molar-refractivity contribution >= 4 is 29.7 Å². The van der Waals surface area contributed by atoms with Crippen molar-refractivity contribution in [3.63, 3.8) is 0 Å². The summed E-state index contributed by atoms with van der Waals surface area (Å²) >= 11 is 5.87. The van der Waals surface area contributed by atoms with Crippen molar-refractivity contribution in [1.29, 1.82) is 10.5 Å². The standard InChI is InChI=1S/C19H11ClN2O2/c20-17-3-1-2-14(11-17)6-9-19(23)24-18-7-4-15(5-8-18)10-16(12-21)13-22/h1-11H/b9-6+. The molecule has 2 rings (SSSR count). The van der Waals surface area contributed by atoms with E-state index < -0.39 is 5.97 Å². The summed E-state index contributed by atoms with van der Waals surface area (Å²) in [7, 11) is 0. The van der Waals surface area contributed by atoms with Crippen LogP contribution in [0, 0.1) is 22.7 Å². The number of carbonyl (C=O) groups is 1. The first-order valence-electron chi connectivity index (χ1n) is 6.88. The van der Waals surface area contributed by atoms with Gasteiger partial charge in [-0.15, -0.1) is 0 Å². The van der Waals surface area contributed by atoms with E-state index in [1.54, 1.807) is 60.7 Å². The van der Waals surface area contributed by atoms with Crippen molar-refractivity contribution < 1.29 is 9.53 Å². The van der Waals surface area contributed by atoms with Gasteiger partial charge in [-0.2, -0.15) is 10.5 Å². The van der Waals surface area contributed by atoms with E-state index in [0.717, 1.165) is 5.56 Å². The quantitative estimate of drug-likeness (QED) is 0.360. The summed E-state index contributed by atoms with van der Waals surface area (Å²) in [5, 5.41) is 18.0. The fourth-order valence-electron chi connectivity index (χ4n) is 1.81. The summed E-state index contributed by atoms with van der Waals surface area (Å²) in [6.07, 6.45) is 4.37. The molecule has 0 atom stereocenters. The molecule has 0 spiro atoms. The number of allylic oxidation sites excluding steroid dienone is 1. The van der Waals surface area contributed by atoms with Crippen LogP contribution in [0.4, 0.5) is 0 Å². The Morgan fingerprint density at radius 2 is 1.75 bits per heavy atom. The maximum atomic E-state index is 11.8. The Balaban J connectivity index is 2.01. The van der Waals surface area contributed by atoms with E-state index in [-0.39, 0.29) is 5.57 Å². The molecule has 0 bridgehead atoms. The molecule has 0 unspecified atom stereocenters. The third-order valence-electron chi connectivity index (χ3n) is 2.91. The van der Waals surface area contributed by atoms with Crippen LogP contribution in [0.5, 0.6) is 5.75 Å². The van der Waals surface area contributed by atoms with Gasteiger partial charge in [0.05, 0.1) is 0 Å². The van der Waals surface area contributed by atoms with Gasteiger partial charge in [-0.25, -0.2) is 4.79 Å². The molecule has 0 heterocycles. The monoisotopic (exact) mass is 334 g/mol. The number of rotatable bonds is 4. The molecule has 116 valence electrons. The Labute approximate surface area is 144 Å². The first-order valence-corrected chi connectivity index (χ1v) is 7.26. The summed E-state index contributed by atoms with van der Waals surface area (Å²) in [5.74, 6) is -0.156. The van der Waals surface area contributed by atoms with Crippen molar-refractivity contribution in [2.45, 2.75) is 0 Å². The fourth-order valence-corrected chi connectivity index (χ4v) is 2.01. The summed E-state index contributed by atoms with van der Waals surface area (Å²) < 4.78 is 5.17. The van der Waals surface area contributed by atoms with Gasteiger partial charge in [0, 0.05) is 11.1 Å². The first-order chi connectivity index (χ1) is 11.6. The van der Waals surface area contributed by atoms with E-state index in [4.69, 9.17) is 26.9 Å². The number of carbonyl (C=O) groups excluding carboxylic acids is 1. The van der Waals surface area contributed by atoms with Gasteiger partial charge in [0.1, 0.15) is 23.5 Å². The largest absolute Gasteiger partial charge is 0.423 e. The van der Waals surface area contributed by atoms with Gasteiger partial charge in [0.2, 0.25) is 0 Å².